The minimum atomic E-state index is -0.165. The number of fused-ring (bicyclic) bond motifs is 1. The Balaban J connectivity index is 1.99. The van der Waals surface area contributed by atoms with Crippen LogP contribution in [0.1, 0.15) is 12.5 Å². The van der Waals surface area contributed by atoms with Gasteiger partial charge in [0, 0.05) is 0 Å². The molecule has 1 atom stereocenters. The van der Waals surface area contributed by atoms with Crippen molar-refractivity contribution >= 4 is 5.91 Å². The number of rotatable bonds is 3. The number of nitrogens with one attached hydrogen (secondary N) is 1. The minimum Gasteiger partial charge on any atom is -0.492 e. The lowest BCUT2D eigenvalue weighted by atomic mass is 9.96. The van der Waals surface area contributed by atoms with Gasteiger partial charge in [0.2, 0.25) is 5.91 Å². The van der Waals surface area contributed by atoms with E-state index in [1.807, 2.05) is 31.2 Å². The van der Waals surface area contributed by atoms with Crippen molar-refractivity contribution in [1.82, 2.24) is 5.48 Å². The van der Waals surface area contributed by atoms with Gasteiger partial charge in [0.1, 0.15) is 12.4 Å². The van der Waals surface area contributed by atoms with E-state index in [9.17, 15) is 4.79 Å². The average Bonchev–Trinajstić information content (AvgIpc) is 2.35. The van der Waals surface area contributed by atoms with Crippen molar-refractivity contribution < 1.29 is 14.4 Å². The number of benzene rings is 1. The molecule has 1 aromatic carbocycles. The fourth-order valence-corrected chi connectivity index (χ4v) is 1.72. The topological polar surface area (TPSA) is 47.6 Å². The monoisotopic (exact) mass is 221 g/mol. The molecule has 0 aliphatic carbocycles. The molecule has 1 heterocycles. The van der Waals surface area contributed by atoms with E-state index < -0.39 is 0 Å². The Morgan fingerprint density at radius 2 is 2.38 bits per heavy atom. The second-order valence-corrected chi connectivity index (χ2v) is 3.72. The lowest BCUT2D eigenvalue weighted by Gasteiger charge is -2.24. The van der Waals surface area contributed by atoms with Gasteiger partial charge in [0.15, 0.2) is 0 Å². The van der Waals surface area contributed by atoms with Gasteiger partial charge in [0.05, 0.1) is 12.5 Å². The zero-order chi connectivity index (χ0) is 11.4. The van der Waals surface area contributed by atoms with Gasteiger partial charge < -0.3 is 4.74 Å². The molecule has 1 amide bonds. The van der Waals surface area contributed by atoms with Gasteiger partial charge in [-0.05, 0) is 25.0 Å². The SMILES string of the molecule is CCONC(=O)[C@H]1COc2ccccc2C1. The summed E-state index contributed by atoms with van der Waals surface area (Å²) in [5, 5.41) is 0. The Bertz CT molecular complexity index is 378. The van der Waals surface area contributed by atoms with Gasteiger partial charge in [-0.25, -0.2) is 5.48 Å². The molecule has 1 aliphatic rings. The third kappa shape index (κ3) is 2.33. The molecule has 0 aromatic heterocycles. The molecule has 2 rings (SSSR count). The quantitative estimate of drug-likeness (QED) is 0.783. The Kier molecular flexibility index (Phi) is 3.41. The lowest BCUT2D eigenvalue weighted by Crippen LogP contribution is -2.37. The van der Waals surface area contributed by atoms with Gasteiger partial charge >= 0.3 is 0 Å². The number of para-hydroxylation sites is 1. The number of carbonyl (C=O) groups excluding carboxylic acids is 1. The number of ether oxygens (including phenoxy) is 1. The first-order valence-electron chi connectivity index (χ1n) is 5.43. The van der Waals surface area contributed by atoms with Gasteiger partial charge in [-0.15, -0.1) is 0 Å². The van der Waals surface area contributed by atoms with Crippen LogP contribution >= 0.6 is 0 Å². The van der Waals surface area contributed by atoms with Gasteiger partial charge in [-0.2, -0.15) is 0 Å². The maximum Gasteiger partial charge on any atom is 0.250 e. The number of carbonyl (C=O) groups is 1. The normalized spacial score (nSPS) is 18.4. The maximum absolute atomic E-state index is 11.7. The smallest absolute Gasteiger partial charge is 0.250 e. The van der Waals surface area contributed by atoms with Crippen LogP contribution in [-0.2, 0) is 16.1 Å². The Morgan fingerprint density at radius 3 is 3.19 bits per heavy atom. The van der Waals surface area contributed by atoms with Crippen LogP contribution in [0.25, 0.3) is 0 Å². The Labute approximate surface area is 94.5 Å². The van der Waals surface area contributed by atoms with Crippen LogP contribution in [0, 0.1) is 5.92 Å². The fraction of sp³-hybridized carbons (Fsp3) is 0.417. The summed E-state index contributed by atoms with van der Waals surface area (Å²) in [5.41, 5.74) is 3.49. The highest BCUT2D eigenvalue weighted by molar-refractivity contribution is 5.78. The summed E-state index contributed by atoms with van der Waals surface area (Å²) >= 11 is 0. The van der Waals surface area contributed by atoms with E-state index in [-0.39, 0.29) is 11.8 Å². The molecule has 0 radical (unpaired) electrons. The molecule has 1 aliphatic heterocycles. The van der Waals surface area contributed by atoms with Gasteiger partial charge in [0.25, 0.3) is 0 Å². The predicted octanol–water partition coefficient (Wildman–Crippen LogP) is 1.31. The van der Waals surface area contributed by atoms with E-state index in [0.29, 0.717) is 19.6 Å². The van der Waals surface area contributed by atoms with Crippen molar-refractivity contribution in [3.8, 4) is 5.75 Å². The third-order valence-corrected chi connectivity index (χ3v) is 2.57. The molecular weight excluding hydrogens is 206 g/mol. The molecule has 0 saturated carbocycles. The zero-order valence-corrected chi connectivity index (χ0v) is 9.23. The molecule has 16 heavy (non-hydrogen) atoms. The molecule has 4 nitrogen and oxygen atoms in total. The zero-order valence-electron chi connectivity index (χ0n) is 9.23. The predicted molar refractivity (Wildman–Crippen MR) is 58.9 cm³/mol. The fourth-order valence-electron chi connectivity index (χ4n) is 1.72. The van der Waals surface area contributed by atoms with Crippen LogP contribution in [0.4, 0.5) is 0 Å². The molecule has 4 heteroatoms. The van der Waals surface area contributed by atoms with Crippen LogP contribution in [-0.4, -0.2) is 19.1 Å². The molecule has 0 saturated heterocycles. The van der Waals surface area contributed by atoms with Crippen LogP contribution in [0.15, 0.2) is 24.3 Å². The van der Waals surface area contributed by atoms with Crippen LogP contribution in [0.2, 0.25) is 0 Å². The largest absolute Gasteiger partial charge is 0.492 e. The lowest BCUT2D eigenvalue weighted by molar-refractivity contribution is -0.138. The van der Waals surface area contributed by atoms with Gasteiger partial charge in [-0.1, -0.05) is 18.2 Å². The van der Waals surface area contributed by atoms with E-state index in [1.165, 1.54) is 0 Å². The first kappa shape index (κ1) is 11.0. The van der Waals surface area contributed by atoms with Crippen molar-refractivity contribution in [3.05, 3.63) is 29.8 Å². The first-order valence-corrected chi connectivity index (χ1v) is 5.43. The summed E-state index contributed by atoms with van der Waals surface area (Å²) in [7, 11) is 0. The number of hydrogen-bond donors (Lipinski definition) is 1. The maximum atomic E-state index is 11.7. The van der Waals surface area contributed by atoms with E-state index in [2.05, 4.69) is 5.48 Å². The first-order chi connectivity index (χ1) is 7.81. The molecule has 1 aromatic rings. The van der Waals surface area contributed by atoms with E-state index in [0.717, 1.165) is 11.3 Å². The van der Waals surface area contributed by atoms with Crippen molar-refractivity contribution in [3.63, 3.8) is 0 Å². The number of amides is 1. The molecule has 0 bridgehead atoms. The van der Waals surface area contributed by atoms with Gasteiger partial charge in [-0.3, -0.25) is 9.63 Å². The van der Waals surface area contributed by atoms with E-state index in [1.54, 1.807) is 0 Å². The average molecular weight is 221 g/mol. The third-order valence-electron chi connectivity index (χ3n) is 2.57. The number of hydrogen-bond acceptors (Lipinski definition) is 3. The molecular formula is C12H15NO3. The minimum absolute atomic E-state index is 0.114. The second kappa shape index (κ2) is 4.99. The Hall–Kier alpha value is -1.55. The Morgan fingerprint density at radius 1 is 1.56 bits per heavy atom. The standard InChI is InChI=1S/C12H15NO3/c1-2-16-13-12(14)10-7-9-5-3-4-6-11(9)15-8-10/h3-6,10H,2,7-8H2,1H3,(H,13,14)/t10-/m1/s1. The summed E-state index contributed by atoms with van der Waals surface area (Å²) in [6, 6.07) is 7.78. The summed E-state index contributed by atoms with van der Waals surface area (Å²) in [5.74, 6) is 0.598. The molecule has 0 unspecified atom stereocenters. The highest BCUT2D eigenvalue weighted by atomic mass is 16.6. The van der Waals surface area contributed by atoms with Crippen LogP contribution < -0.4 is 10.2 Å². The summed E-state index contributed by atoms with van der Waals surface area (Å²) < 4.78 is 5.52. The number of hydroxylamine groups is 1. The molecule has 0 fully saturated rings. The molecule has 1 N–H and O–H groups in total. The van der Waals surface area contributed by atoms with E-state index >= 15 is 0 Å². The van der Waals surface area contributed by atoms with Crippen molar-refractivity contribution in [1.29, 1.82) is 0 Å². The molecule has 0 spiro atoms. The van der Waals surface area contributed by atoms with Crippen LogP contribution in [0.5, 0.6) is 5.75 Å². The summed E-state index contributed by atoms with van der Waals surface area (Å²) in [6.45, 7) is 2.71. The second-order valence-electron chi connectivity index (χ2n) is 3.72. The highest BCUT2D eigenvalue weighted by Crippen LogP contribution is 2.26. The summed E-state index contributed by atoms with van der Waals surface area (Å²) in [6.07, 6.45) is 0.703. The molecule has 86 valence electrons. The highest BCUT2D eigenvalue weighted by Gasteiger charge is 2.25. The van der Waals surface area contributed by atoms with Crippen molar-refractivity contribution in [2.45, 2.75) is 13.3 Å². The van der Waals surface area contributed by atoms with Crippen LogP contribution in [0.3, 0.4) is 0 Å². The van der Waals surface area contributed by atoms with Crippen molar-refractivity contribution in [2.24, 2.45) is 5.92 Å². The van der Waals surface area contributed by atoms with Crippen molar-refractivity contribution in [2.75, 3.05) is 13.2 Å². The van der Waals surface area contributed by atoms with E-state index in [4.69, 9.17) is 9.57 Å². The summed E-state index contributed by atoms with van der Waals surface area (Å²) in [4.78, 5) is 16.5.